The zero-order chi connectivity index (χ0) is 22.9. The van der Waals surface area contributed by atoms with Crippen molar-refractivity contribution in [2.75, 3.05) is 5.32 Å². The topological polar surface area (TPSA) is 65.0 Å². The number of amides is 1. The van der Waals surface area contributed by atoms with Crippen LogP contribution >= 0.6 is 0 Å². The molecule has 0 aliphatic carbocycles. The molecule has 0 saturated heterocycles. The SMILES string of the molecule is Cc1cc(-c2cc(NC(=O)c3ccco3)n(-c3ccccc3)n2)c(C)n1-c1ccccc1F. The summed E-state index contributed by atoms with van der Waals surface area (Å²) >= 11 is 0. The first kappa shape index (κ1) is 20.5. The first-order valence-electron chi connectivity index (χ1n) is 10.5. The smallest absolute Gasteiger partial charge is 0.292 e. The van der Waals surface area contributed by atoms with Crippen LogP contribution in [0.25, 0.3) is 22.6 Å². The van der Waals surface area contributed by atoms with Crippen LogP contribution in [0.5, 0.6) is 0 Å². The summed E-state index contributed by atoms with van der Waals surface area (Å²) in [5.74, 6) is 0.0240. The van der Waals surface area contributed by atoms with Crippen molar-refractivity contribution in [3.05, 3.63) is 108 Å². The van der Waals surface area contributed by atoms with Crippen molar-refractivity contribution >= 4 is 11.7 Å². The standard InChI is InChI=1S/C26H21FN4O2/c1-17-15-20(18(2)30(17)23-12-7-6-11-21(23)27)22-16-25(28-26(32)24-13-8-14-33-24)31(29-22)19-9-4-3-5-10-19/h3-16H,1-2H3,(H,28,32). The van der Waals surface area contributed by atoms with Gasteiger partial charge < -0.3 is 14.3 Å². The highest BCUT2D eigenvalue weighted by Gasteiger charge is 2.20. The summed E-state index contributed by atoms with van der Waals surface area (Å²) in [7, 11) is 0. The molecule has 3 aromatic heterocycles. The van der Waals surface area contributed by atoms with E-state index in [4.69, 9.17) is 9.52 Å². The Morgan fingerprint density at radius 1 is 0.970 bits per heavy atom. The van der Waals surface area contributed by atoms with E-state index >= 15 is 0 Å². The van der Waals surface area contributed by atoms with Gasteiger partial charge in [-0.3, -0.25) is 4.79 Å². The van der Waals surface area contributed by atoms with Crippen molar-refractivity contribution in [3.63, 3.8) is 0 Å². The summed E-state index contributed by atoms with van der Waals surface area (Å²) in [5, 5.41) is 7.66. The Morgan fingerprint density at radius 3 is 2.45 bits per heavy atom. The Morgan fingerprint density at radius 2 is 1.73 bits per heavy atom. The van der Waals surface area contributed by atoms with Crippen LogP contribution < -0.4 is 5.32 Å². The van der Waals surface area contributed by atoms with E-state index in [1.807, 2.05) is 60.9 Å². The van der Waals surface area contributed by atoms with E-state index in [0.717, 1.165) is 22.6 Å². The molecule has 3 heterocycles. The fourth-order valence-corrected chi connectivity index (χ4v) is 3.98. The lowest BCUT2D eigenvalue weighted by Crippen LogP contribution is -2.14. The fraction of sp³-hybridized carbons (Fsp3) is 0.0769. The van der Waals surface area contributed by atoms with Gasteiger partial charge in [0.25, 0.3) is 5.91 Å². The number of para-hydroxylation sites is 2. The molecule has 7 heteroatoms. The summed E-state index contributed by atoms with van der Waals surface area (Å²) in [5.41, 5.74) is 4.50. The Bertz CT molecular complexity index is 1430. The summed E-state index contributed by atoms with van der Waals surface area (Å²) in [6, 6.07) is 23.2. The molecule has 6 nitrogen and oxygen atoms in total. The molecule has 0 aliphatic rings. The number of anilines is 1. The normalized spacial score (nSPS) is 11.0. The van der Waals surface area contributed by atoms with Gasteiger partial charge >= 0.3 is 0 Å². The highest BCUT2D eigenvalue weighted by molar-refractivity contribution is 6.02. The number of nitrogens with zero attached hydrogens (tertiary/aromatic N) is 3. The third-order valence-corrected chi connectivity index (χ3v) is 5.50. The number of aromatic nitrogens is 3. The van der Waals surface area contributed by atoms with E-state index in [0.29, 0.717) is 17.2 Å². The Hall–Kier alpha value is -4.39. The molecule has 0 bridgehead atoms. The Balaban J connectivity index is 1.61. The molecule has 0 unspecified atom stereocenters. The van der Waals surface area contributed by atoms with E-state index in [9.17, 15) is 9.18 Å². The average Bonchev–Trinajstić information content (AvgIpc) is 3.55. The van der Waals surface area contributed by atoms with Gasteiger partial charge in [-0.15, -0.1) is 0 Å². The number of benzene rings is 2. The maximum atomic E-state index is 14.5. The highest BCUT2D eigenvalue weighted by atomic mass is 19.1. The number of hydrogen-bond donors (Lipinski definition) is 1. The van der Waals surface area contributed by atoms with Crippen LogP contribution in [-0.4, -0.2) is 20.3 Å². The minimum absolute atomic E-state index is 0.204. The van der Waals surface area contributed by atoms with Gasteiger partial charge in [0.05, 0.1) is 23.3 Å². The number of halogens is 1. The molecule has 2 aromatic carbocycles. The highest BCUT2D eigenvalue weighted by Crippen LogP contribution is 2.32. The van der Waals surface area contributed by atoms with Crippen molar-refractivity contribution in [1.29, 1.82) is 0 Å². The number of nitrogens with one attached hydrogen (secondary N) is 1. The van der Waals surface area contributed by atoms with Gasteiger partial charge in [-0.05, 0) is 56.3 Å². The van der Waals surface area contributed by atoms with Crippen LogP contribution in [0.4, 0.5) is 10.2 Å². The summed E-state index contributed by atoms with van der Waals surface area (Å²) in [6.07, 6.45) is 1.45. The molecule has 5 aromatic rings. The summed E-state index contributed by atoms with van der Waals surface area (Å²) in [6.45, 7) is 3.86. The Labute approximate surface area is 189 Å². The van der Waals surface area contributed by atoms with E-state index < -0.39 is 0 Å². The molecule has 0 atom stereocenters. The van der Waals surface area contributed by atoms with Crippen LogP contribution in [0.3, 0.4) is 0 Å². The fourth-order valence-electron chi connectivity index (χ4n) is 3.98. The number of rotatable bonds is 5. The zero-order valence-electron chi connectivity index (χ0n) is 18.1. The molecular weight excluding hydrogens is 419 g/mol. The van der Waals surface area contributed by atoms with Crippen LogP contribution in [0.1, 0.15) is 21.9 Å². The minimum Gasteiger partial charge on any atom is -0.459 e. The second kappa shape index (κ2) is 8.27. The molecule has 1 amide bonds. The zero-order valence-corrected chi connectivity index (χ0v) is 18.1. The average molecular weight is 440 g/mol. The lowest BCUT2D eigenvalue weighted by atomic mass is 10.2. The van der Waals surface area contributed by atoms with Crippen molar-refractivity contribution in [1.82, 2.24) is 14.3 Å². The maximum absolute atomic E-state index is 14.5. The second-order valence-corrected chi connectivity index (χ2v) is 7.67. The Kier molecular flexibility index (Phi) is 5.14. The number of carbonyl (C=O) groups excluding carboxylic acids is 1. The molecule has 0 radical (unpaired) electrons. The molecule has 1 N–H and O–H groups in total. The van der Waals surface area contributed by atoms with Gasteiger partial charge in [-0.2, -0.15) is 5.10 Å². The van der Waals surface area contributed by atoms with E-state index in [1.54, 1.807) is 35.0 Å². The molecular formula is C26H21FN4O2. The predicted molar refractivity (Wildman–Crippen MR) is 124 cm³/mol. The number of hydrogen-bond acceptors (Lipinski definition) is 3. The van der Waals surface area contributed by atoms with E-state index in [2.05, 4.69) is 5.32 Å². The van der Waals surface area contributed by atoms with Gasteiger partial charge in [0.1, 0.15) is 11.6 Å². The van der Waals surface area contributed by atoms with Gasteiger partial charge in [0.2, 0.25) is 0 Å². The van der Waals surface area contributed by atoms with Crippen LogP contribution in [0, 0.1) is 19.7 Å². The molecule has 5 rings (SSSR count). The second-order valence-electron chi connectivity index (χ2n) is 7.67. The molecule has 0 fully saturated rings. The molecule has 0 saturated carbocycles. The molecule has 33 heavy (non-hydrogen) atoms. The number of aryl methyl sites for hydroxylation is 1. The molecule has 0 spiro atoms. The van der Waals surface area contributed by atoms with Crippen molar-refractivity contribution in [3.8, 4) is 22.6 Å². The minimum atomic E-state index is -0.375. The van der Waals surface area contributed by atoms with Crippen LogP contribution in [-0.2, 0) is 0 Å². The lowest BCUT2D eigenvalue weighted by Gasteiger charge is -2.10. The van der Waals surface area contributed by atoms with Gasteiger partial charge in [0, 0.05) is 23.0 Å². The van der Waals surface area contributed by atoms with E-state index in [1.165, 1.54) is 12.3 Å². The van der Waals surface area contributed by atoms with E-state index in [-0.39, 0.29) is 17.5 Å². The maximum Gasteiger partial charge on any atom is 0.292 e. The summed E-state index contributed by atoms with van der Waals surface area (Å²) in [4.78, 5) is 12.7. The van der Waals surface area contributed by atoms with Crippen molar-refractivity contribution < 1.29 is 13.6 Å². The number of furan rings is 1. The first-order chi connectivity index (χ1) is 16.0. The van der Waals surface area contributed by atoms with Gasteiger partial charge in [-0.25, -0.2) is 9.07 Å². The molecule has 164 valence electrons. The quantitative estimate of drug-likeness (QED) is 0.368. The monoisotopic (exact) mass is 440 g/mol. The lowest BCUT2D eigenvalue weighted by molar-refractivity contribution is 0.0996. The third-order valence-electron chi connectivity index (χ3n) is 5.50. The number of carbonyl (C=O) groups is 1. The first-order valence-corrected chi connectivity index (χ1v) is 10.5. The predicted octanol–water partition coefficient (Wildman–Crippen LogP) is 5.93. The van der Waals surface area contributed by atoms with Crippen LogP contribution in [0.2, 0.25) is 0 Å². The van der Waals surface area contributed by atoms with Gasteiger partial charge in [-0.1, -0.05) is 30.3 Å². The van der Waals surface area contributed by atoms with Gasteiger partial charge in [0.15, 0.2) is 5.76 Å². The summed E-state index contributed by atoms with van der Waals surface area (Å²) < 4.78 is 23.3. The largest absolute Gasteiger partial charge is 0.459 e. The van der Waals surface area contributed by atoms with Crippen molar-refractivity contribution in [2.45, 2.75) is 13.8 Å². The van der Waals surface area contributed by atoms with Crippen molar-refractivity contribution in [2.24, 2.45) is 0 Å². The third kappa shape index (κ3) is 3.74. The van der Waals surface area contributed by atoms with Crippen LogP contribution in [0.15, 0.2) is 89.5 Å². The molecule has 0 aliphatic heterocycles.